The molecule has 144 valence electrons. The number of nitrogens with zero attached hydrogens (tertiary/aromatic N) is 2. The van der Waals surface area contributed by atoms with Gasteiger partial charge in [0, 0.05) is 23.8 Å². The van der Waals surface area contributed by atoms with Crippen molar-refractivity contribution in [2.24, 2.45) is 0 Å². The third kappa shape index (κ3) is 3.14. The van der Waals surface area contributed by atoms with Gasteiger partial charge in [0.2, 0.25) is 0 Å². The van der Waals surface area contributed by atoms with Crippen molar-refractivity contribution in [3.05, 3.63) is 89.3 Å². The molecule has 5 nitrogen and oxygen atoms in total. The Bertz CT molecular complexity index is 1210. The second kappa shape index (κ2) is 7.09. The number of benzene rings is 2. The summed E-state index contributed by atoms with van der Waals surface area (Å²) in [5.41, 5.74) is 6.01. The minimum absolute atomic E-state index is 0.292. The third-order valence-corrected chi connectivity index (χ3v) is 5.44. The molecule has 0 bridgehead atoms. The fourth-order valence-electron chi connectivity index (χ4n) is 4.05. The van der Waals surface area contributed by atoms with Gasteiger partial charge in [0.1, 0.15) is 11.4 Å². The summed E-state index contributed by atoms with van der Waals surface area (Å²) in [5.74, 6) is 0.604. The molecular weight excluding hydrogens is 364 g/mol. The van der Waals surface area contributed by atoms with Crippen molar-refractivity contribution in [2.45, 2.75) is 12.8 Å². The molecule has 0 atom stereocenters. The number of rotatable bonds is 4. The molecular formula is C24H20N2O3. The minimum atomic E-state index is -0.292. The first-order valence-electron chi connectivity index (χ1n) is 9.62. The maximum absolute atomic E-state index is 12.1. The van der Waals surface area contributed by atoms with Gasteiger partial charge in [0.05, 0.1) is 18.9 Å². The van der Waals surface area contributed by atoms with Crippen LogP contribution in [0.25, 0.3) is 11.0 Å². The summed E-state index contributed by atoms with van der Waals surface area (Å²) in [7, 11) is 1.42. The van der Waals surface area contributed by atoms with E-state index in [1.54, 1.807) is 6.26 Å². The van der Waals surface area contributed by atoms with E-state index >= 15 is 0 Å². The van der Waals surface area contributed by atoms with E-state index < -0.39 is 0 Å². The highest BCUT2D eigenvalue weighted by Crippen LogP contribution is 2.36. The van der Waals surface area contributed by atoms with E-state index in [4.69, 9.17) is 9.15 Å². The predicted molar refractivity (Wildman–Crippen MR) is 112 cm³/mol. The molecule has 5 heteroatoms. The van der Waals surface area contributed by atoms with Crippen molar-refractivity contribution in [1.82, 2.24) is 4.98 Å². The van der Waals surface area contributed by atoms with Crippen LogP contribution in [-0.4, -0.2) is 24.6 Å². The molecule has 2 aromatic heterocycles. The lowest BCUT2D eigenvalue weighted by Crippen LogP contribution is -2.15. The van der Waals surface area contributed by atoms with E-state index in [9.17, 15) is 4.79 Å². The first kappa shape index (κ1) is 17.5. The van der Waals surface area contributed by atoms with Crippen molar-refractivity contribution >= 4 is 28.4 Å². The Morgan fingerprint density at radius 3 is 2.93 bits per heavy atom. The number of hydrogen-bond donors (Lipinski definition) is 0. The molecule has 5 rings (SSSR count). The van der Waals surface area contributed by atoms with Gasteiger partial charge in [-0.2, -0.15) is 0 Å². The highest BCUT2D eigenvalue weighted by Gasteiger charge is 2.26. The molecule has 0 unspecified atom stereocenters. The number of anilines is 2. The average molecular weight is 384 g/mol. The second-order valence-corrected chi connectivity index (χ2v) is 7.19. The zero-order valence-electron chi connectivity index (χ0n) is 16.1. The Balaban J connectivity index is 1.45. The van der Waals surface area contributed by atoms with E-state index in [0.717, 1.165) is 47.4 Å². The summed E-state index contributed by atoms with van der Waals surface area (Å²) in [6, 6.07) is 18.2. The Morgan fingerprint density at radius 1 is 1.14 bits per heavy atom. The number of ether oxygens (including phenoxy) is 1. The molecule has 0 aliphatic carbocycles. The molecule has 0 saturated carbocycles. The van der Waals surface area contributed by atoms with Crippen LogP contribution in [0.2, 0.25) is 0 Å². The van der Waals surface area contributed by atoms with E-state index in [0.29, 0.717) is 5.56 Å². The van der Waals surface area contributed by atoms with Gasteiger partial charge in [0.15, 0.2) is 0 Å². The SMILES string of the molecule is COC(=O)c1cccc2c1CCN2c1cc(Cc2ccc3occc3c2)ccn1. The monoisotopic (exact) mass is 384 g/mol. The number of pyridine rings is 1. The van der Waals surface area contributed by atoms with Crippen molar-refractivity contribution < 1.29 is 13.9 Å². The largest absolute Gasteiger partial charge is 0.465 e. The van der Waals surface area contributed by atoms with E-state index in [2.05, 4.69) is 28.1 Å². The van der Waals surface area contributed by atoms with Gasteiger partial charge in [-0.05, 0) is 72.0 Å². The van der Waals surface area contributed by atoms with Crippen LogP contribution in [0, 0.1) is 0 Å². The summed E-state index contributed by atoms with van der Waals surface area (Å²) in [5, 5.41) is 1.11. The van der Waals surface area contributed by atoms with Crippen molar-refractivity contribution in [3.8, 4) is 0 Å². The smallest absolute Gasteiger partial charge is 0.338 e. The first-order valence-corrected chi connectivity index (χ1v) is 9.62. The number of aromatic nitrogens is 1. The molecule has 2 aromatic carbocycles. The fourth-order valence-corrected chi connectivity index (χ4v) is 4.05. The Labute approximate surface area is 168 Å². The summed E-state index contributed by atoms with van der Waals surface area (Å²) >= 11 is 0. The van der Waals surface area contributed by atoms with E-state index in [1.165, 1.54) is 18.2 Å². The molecule has 0 spiro atoms. The summed E-state index contributed by atoms with van der Waals surface area (Å²) in [6.45, 7) is 0.792. The summed E-state index contributed by atoms with van der Waals surface area (Å²) in [4.78, 5) is 18.8. The van der Waals surface area contributed by atoms with Crippen molar-refractivity contribution in [2.75, 3.05) is 18.6 Å². The highest BCUT2D eigenvalue weighted by atomic mass is 16.5. The molecule has 0 fully saturated rings. The molecule has 4 aromatic rings. The normalized spacial score (nSPS) is 12.9. The Kier molecular flexibility index (Phi) is 4.28. The standard InChI is InChI=1S/C24H20N2O3/c1-28-24(27)20-3-2-4-21-19(20)8-11-26(21)23-15-17(7-10-25-23)13-16-5-6-22-18(14-16)9-12-29-22/h2-7,9-10,12,14-15H,8,11,13H2,1H3. The van der Waals surface area contributed by atoms with Gasteiger partial charge in [-0.3, -0.25) is 0 Å². The van der Waals surface area contributed by atoms with Crippen LogP contribution in [0.5, 0.6) is 0 Å². The van der Waals surface area contributed by atoms with Gasteiger partial charge >= 0.3 is 5.97 Å². The molecule has 3 heterocycles. The van der Waals surface area contributed by atoms with Gasteiger partial charge in [-0.15, -0.1) is 0 Å². The Hall–Kier alpha value is -3.60. The molecule has 0 amide bonds. The van der Waals surface area contributed by atoms with Gasteiger partial charge in [-0.25, -0.2) is 9.78 Å². The maximum Gasteiger partial charge on any atom is 0.338 e. The van der Waals surface area contributed by atoms with Crippen molar-refractivity contribution in [1.29, 1.82) is 0 Å². The van der Waals surface area contributed by atoms with Crippen LogP contribution >= 0.6 is 0 Å². The lowest BCUT2D eigenvalue weighted by Gasteiger charge is -2.19. The average Bonchev–Trinajstić information content (AvgIpc) is 3.39. The number of esters is 1. The van der Waals surface area contributed by atoms with Gasteiger partial charge in [-0.1, -0.05) is 12.1 Å². The topological polar surface area (TPSA) is 55.6 Å². The van der Waals surface area contributed by atoms with E-state index in [-0.39, 0.29) is 5.97 Å². The summed E-state index contributed by atoms with van der Waals surface area (Å²) < 4.78 is 10.4. The lowest BCUT2D eigenvalue weighted by atomic mass is 10.0. The zero-order valence-corrected chi connectivity index (χ0v) is 16.1. The quantitative estimate of drug-likeness (QED) is 0.469. The van der Waals surface area contributed by atoms with Crippen LogP contribution < -0.4 is 4.90 Å². The predicted octanol–water partition coefficient (Wildman–Crippen LogP) is 4.90. The van der Waals surface area contributed by atoms with Crippen LogP contribution in [0.1, 0.15) is 27.0 Å². The number of furan rings is 1. The third-order valence-electron chi connectivity index (χ3n) is 5.44. The fraction of sp³-hybridized carbons (Fsp3) is 0.167. The first-order chi connectivity index (χ1) is 14.2. The molecule has 1 aliphatic heterocycles. The minimum Gasteiger partial charge on any atom is -0.465 e. The molecule has 0 radical (unpaired) electrons. The van der Waals surface area contributed by atoms with Crippen LogP contribution in [-0.2, 0) is 17.6 Å². The van der Waals surface area contributed by atoms with Gasteiger partial charge in [0.25, 0.3) is 0 Å². The lowest BCUT2D eigenvalue weighted by molar-refractivity contribution is 0.0599. The molecule has 0 N–H and O–H groups in total. The molecule has 29 heavy (non-hydrogen) atoms. The molecule has 1 aliphatic rings. The van der Waals surface area contributed by atoms with Crippen LogP contribution in [0.15, 0.2) is 71.5 Å². The number of fused-ring (bicyclic) bond motifs is 2. The number of hydrogen-bond acceptors (Lipinski definition) is 5. The number of carbonyl (C=O) groups is 1. The van der Waals surface area contributed by atoms with Crippen molar-refractivity contribution in [3.63, 3.8) is 0 Å². The van der Waals surface area contributed by atoms with Gasteiger partial charge < -0.3 is 14.1 Å². The molecule has 0 saturated heterocycles. The number of carbonyl (C=O) groups excluding carboxylic acids is 1. The second-order valence-electron chi connectivity index (χ2n) is 7.19. The zero-order chi connectivity index (χ0) is 19.8. The van der Waals surface area contributed by atoms with E-state index in [1.807, 2.05) is 42.6 Å². The van der Waals surface area contributed by atoms with Crippen LogP contribution in [0.3, 0.4) is 0 Å². The summed E-state index contributed by atoms with van der Waals surface area (Å²) in [6.07, 6.45) is 5.18. The highest BCUT2D eigenvalue weighted by molar-refractivity contribution is 5.94. The van der Waals surface area contributed by atoms with Crippen LogP contribution in [0.4, 0.5) is 11.5 Å². The number of methoxy groups -OCH3 is 1. The Morgan fingerprint density at radius 2 is 2.03 bits per heavy atom. The maximum atomic E-state index is 12.1.